The van der Waals surface area contributed by atoms with Crippen molar-refractivity contribution in [1.82, 2.24) is 10.2 Å². The Balaban J connectivity index is 2.35. The summed E-state index contributed by atoms with van der Waals surface area (Å²) < 4.78 is 1.21. The molecule has 0 saturated carbocycles. The number of hydrazone groups is 1. The van der Waals surface area contributed by atoms with Crippen molar-refractivity contribution < 1.29 is 0 Å². The van der Waals surface area contributed by atoms with Gasteiger partial charge in [-0.1, -0.05) is 23.7 Å². The van der Waals surface area contributed by atoms with Crippen molar-refractivity contribution >= 4 is 35.4 Å². The van der Waals surface area contributed by atoms with Crippen LogP contribution in [0.4, 0.5) is 5.69 Å². The standard InChI is InChI=1S/C7H6Cl2N4/c8-6-3-1-2-4-7(6)12-5-10-11-13(12)9/h1-5,11H. The third-order valence-corrected chi connectivity index (χ3v) is 2.15. The molecule has 2 rings (SSSR count). The Labute approximate surface area is 85.4 Å². The summed E-state index contributed by atoms with van der Waals surface area (Å²) in [6.45, 7) is 0. The highest BCUT2D eigenvalue weighted by Gasteiger charge is 2.18. The number of nitrogens with zero attached hydrogens (tertiary/aromatic N) is 3. The quantitative estimate of drug-likeness (QED) is 0.729. The Morgan fingerprint density at radius 1 is 1.31 bits per heavy atom. The minimum absolute atomic E-state index is 0.614. The van der Waals surface area contributed by atoms with Gasteiger partial charge in [-0.15, -0.1) is 0 Å². The van der Waals surface area contributed by atoms with E-state index in [2.05, 4.69) is 10.6 Å². The van der Waals surface area contributed by atoms with Gasteiger partial charge < -0.3 is 0 Å². The van der Waals surface area contributed by atoms with E-state index in [1.54, 1.807) is 11.1 Å². The second-order valence-corrected chi connectivity index (χ2v) is 3.13. The fourth-order valence-corrected chi connectivity index (χ4v) is 1.40. The zero-order chi connectivity index (χ0) is 9.26. The third kappa shape index (κ3) is 1.56. The molecule has 68 valence electrons. The Kier molecular flexibility index (Phi) is 2.26. The molecule has 0 unspecified atom stereocenters. The minimum atomic E-state index is 0.614. The fraction of sp³-hybridized carbons (Fsp3) is 0. The largest absolute Gasteiger partial charge is 0.227 e. The van der Waals surface area contributed by atoms with Crippen LogP contribution in [-0.2, 0) is 0 Å². The SMILES string of the molecule is Clc1ccccc1N1C=NNN1Cl. The summed E-state index contributed by atoms with van der Waals surface area (Å²) in [5.74, 6) is 0. The number of rotatable bonds is 1. The molecule has 0 fully saturated rings. The van der Waals surface area contributed by atoms with Crippen molar-refractivity contribution in [2.45, 2.75) is 0 Å². The molecule has 0 radical (unpaired) electrons. The molecular formula is C7H6Cl2N4. The molecule has 6 heteroatoms. The van der Waals surface area contributed by atoms with Crippen LogP contribution in [0, 0.1) is 0 Å². The lowest BCUT2D eigenvalue weighted by atomic mass is 10.3. The predicted molar refractivity (Wildman–Crippen MR) is 53.3 cm³/mol. The first-order valence-corrected chi connectivity index (χ1v) is 4.29. The lowest BCUT2D eigenvalue weighted by molar-refractivity contribution is 0.395. The summed E-state index contributed by atoms with van der Waals surface area (Å²) in [7, 11) is 0. The van der Waals surface area contributed by atoms with Gasteiger partial charge in [0.15, 0.2) is 0 Å². The highest BCUT2D eigenvalue weighted by atomic mass is 35.5. The van der Waals surface area contributed by atoms with Crippen LogP contribution in [0.25, 0.3) is 0 Å². The molecule has 1 aromatic rings. The maximum Gasteiger partial charge on any atom is 0.135 e. The lowest BCUT2D eigenvalue weighted by Gasteiger charge is -2.19. The van der Waals surface area contributed by atoms with Crippen LogP contribution >= 0.6 is 23.4 Å². The van der Waals surface area contributed by atoms with E-state index in [4.69, 9.17) is 23.4 Å². The van der Waals surface area contributed by atoms with Crippen molar-refractivity contribution in [2.75, 3.05) is 5.01 Å². The summed E-state index contributed by atoms with van der Waals surface area (Å²) in [4.78, 5) is 0. The van der Waals surface area contributed by atoms with E-state index in [1.165, 1.54) is 11.0 Å². The molecule has 0 saturated heterocycles. The van der Waals surface area contributed by atoms with Gasteiger partial charge in [0.25, 0.3) is 0 Å². The van der Waals surface area contributed by atoms with E-state index in [0.29, 0.717) is 5.02 Å². The van der Waals surface area contributed by atoms with Crippen LogP contribution in [0.3, 0.4) is 0 Å². The van der Waals surface area contributed by atoms with Gasteiger partial charge in [0.1, 0.15) is 6.34 Å². The van der Waals surface area contributed by atoms with Gasteiger partial charge in [-0.05, 0) is 16.8 Å². The molecule has 1 N–H and O–H groups in total. The van der Waals surface area contributed by atoms with Crippen molar-refractivity contribution in [3.05, 3.63) is 29.3 Å². The van der Waals surface area contributed by atoms with Crippen LogP contribution in [-0.4, -0.2) is 11.0 Å². The average molecular weight is 217 g/mol. The van der Waals surface area contributed by atoms with Crippen molar-refractivity contribution in [1.29, 1.82) is 0 Å². The molecule has 13 heavy (non-hydrogen) atoms. The summed E-state index contributed by atoms with van der Waals surface area (Å²) >= 11 is 11.7. The Hall–Kier alpha value is -0.970. The van der Waals surface area contributed by atoms with Gasteiger partial charge >= 0.3 is 0 Å². The highest BCUT2D eigenvalue weighted by molar-refractivity contribution is 6.33. The number of hydrazine groups is 2. The van der Waals surface area contributed by atoms with Crippen molar-refractivity contribution in [2.24, 2.45) is 5.10 Å². The maximum atomic E-state index is 5.95. The smallest absolute Gasteiger partial charge is 0.135 e. The van der Waals surface area contributed by atoms with E-state index in [9.17, 15) is 0 Å². The molecule has 1 aromatic carbocycles. The molecule has 1 heterocycles. The van der Waals surface area contributed by atoms with E-state index >= 15 is 0 Å². The molecule has 1 aliphatic rings. The molecule has 0 bridgehead atoms. The highest BCUT2D eigenvalue weighted by Crippen LogP contribution is 2.26. The number of nitrogens with one attached hydrogen (secondary N) is 1. The second-order valence-electron chi connectivity index (χ2n) is 2.40. The van der Waals surface area contributed by atoms with Crippen LogP contribution in [0.5, 0.6) is 0 Å². The lowest BCUT2D eigenvalue weighted by Crippen LogP contribution is -2.35. The maximum absolute atomic E-state index is 5.95. The van der Waals surface area contributed by atoms with Crippen molar-refractivity contribution in [3.8, 4) is 0 Å². The summed E-state index contributed by atoms with van der Waals surface area (Å²) in [6, 6.07) is 7.35. The number of hydrogen-bond donors (Lipinski definition) is 1. The van der Waals surface area contributed by atoms with Crippen molar-refractivity contribution in [3.63, 3.8) is 0 Å². The molecule has 0 amide bonds. The fourth-order valence-electron chi connectivity index (χ4n) is 1.02. The average Bonchev–Trinajstić information content (AvgIpc) is 2.52. The number of para-hydroxylation sites is 1. The van der Waals surface area contributed by atoms with Crippen LogP contribution in [0.1, 0.15) is 0 Å². The zero-order valence-electron chi connectivity index (χ0n) is 6.48. The molecule has 0 atom stereocenters. The van der Waals surface area contributed by atoms with E-state index in [-0.39, 0.29) is 0 Å². The normalized spacial score (nSPS) is 16.3. The summed E-state index contributed by atoms with van der Waals surface area (Å²) in [6.07, 6.45) is 1.54. The molecule has 0 aromatic heterocycles. The molecule has 0 spiro atoms. The van der Waals surface area contributed by atoms with E-state index in [0.717, 1.165) is 5.69 Å². The number of halogens is 2. The molecule has 0 aliphatic carbocycles. The number of benzene rings is 1. The van der Waals surface area contributed by atoms with Gasteiger partial charge in [0.2, 0.25) is 0 Å². The zero-order valence-corrected chi connectivity index (χ0v) is 8.00. The van der Waals surface area contributed by atoms with Crippen LogP contribution < -0.4 is 10.5 Å². The minimum Gasteiger partial charge on any atom is -0.227 e. The van der Waals surface area contributed by atoms with Gasteiger partial charge in [-0.2, -0.15) is 5.10 Å². The third-order valence-electron chi connectivity index (χ3n) is 1.60. The van der Waals surface area contributed by atoms with Gasteiger partial charge in [0, 0.05) is 11.8 Å². The Bertz CT molecular complexity index is 341. The molecular weight excluding hydrogens is 211 g/mol. The predicted octanol–water partition coefficient (Wildman–Crippen LogP) is 1.98. The Morgan fingerprint density at radius 2 is 2.08 bits per heavy atom. The number of anilines is 1. The summed E-state index contributed by atoms with van der Waals surface area (Å²) in [5, 5.41) is 5.95. The first kappa shape index (κ1) is 8.62. The Morgan fingerprint density at radius 3 is 2.69 bits per heavy atom. The topological polar surface area (TPSA) is 30.9 Å². The van der Waals surface area contributed by atoms with Crippen LogP contribution in [0.15, 0.2) is 29.4 Å². The first-order chi connectivity index (χ1) is 6.29. The van der Waals surface area contributed by atoms with Gasteiger partial charge in [-0.3, -0.25) is 0 Å². The summed E-state index contributed by atoms with van der Waals surface area (Å²) in [5.41, 5.74) is 3.30. The van der Waals surface area contributed by atoms with Crippen LogP contribution in [0.2, 0.25) is 5.02 Å². The first-order valence-electron chi connectivity index (χ1n) is 3.57. The van der Waals surface area contributed by atoms with E-state index < -0.39 is 0 Å². The van der Waals surface area contributed by atoms with Gasteiger partial charge in [0.05, 0.1) is 10.7 Å². The molecule has 4 nitrogen and oxygen atoms in total. The van der Waals surface area contributed by atoms with Gasteiger partial charge in [-0.25, -0.2) is 10.5 Å². The molecule has 1 aliphatic heterocycles. The number of hydrogen-bond acceptors (Lipinski definition) is 4. The monoisotopic (exact) mass is 216 g/mol. The van der Waals surface area contributed by atoms with E-state index in [1.807, 2.05) is 18.2 Å². The second kappa shape index (κ2) is 3.41.